The fraction of sp³-hybridized carbons (Fsp3) is 0.167. The zero-order valence-electron chi connectivity index (χ0n) is 10.2. The van der Waals surface area contributed by atoms with Gasteiger partial charge in [0.2, 0.25) is 0 Å². The molecule has 0 fully saturated rings. The summed E-state index contributed by atoms with van der Waals surface area (Å²) in [6.45, 7) is 0.279. The fourth-order valence-electron chi connectivity index (χ4n) is 2.03. The van der Waals surface area contributed by atoms with Gasteiger partial charge in [-0.15, -0.1) is 0 Å². The monoisotopic (exact) mass is 261 g/mol. The predicted molar refractivity (Wildman–Crippen MR) is 68.3 cm³/mol. The fourth-order valence-corrected chi connectivity index (χ4v) is 2.03. The molecule has 0 atom stereocenters. The number of nitrogens with two attached hydrogens (primary N) is 1. The van der Waals surface area contributed by atoms with E-state index in [4.69, 9.17) is 10.5 Å². The lowest BCUT2D eigenvalue weighted by atomic mass is 10.3. The van der Waals surface area contributed by atoms with Crippen LogP contribution in [0.3, 0.4) is 0 Å². The van der Waals surface area contributed by atoms with E-state index < -0.39 is 0 Å². The van der Waals surface area contributed by atoms with Gasteiger partial charge in [0.25, 0.3) is 0 Å². The van der Waals surface area contributed by atoms with Gasteiger partial charge in [0.15, 0.2) is 5.65 Å². The highest BCUT2D eigenvalue weighted by Gasteiger charge is 2.18. The van der Waals surface area contributed by atoms with Crippen LogP contribution in [0, 0.1) is 5.82 Å². The Hall–Kier alpha value is -2.41. The van der Waals surface area contributed by atoms with Crippen molar-refractivity contribution in [3.8, 4) is 5.69 Å². The highest BCUT2D eigenvalue weighted by Crippen LogP contribution is 2.26. The summed E-state index contributed by atoms with van der Waals surface area (Å²) in [6, 6.07) is 6.35. The van der Waals surface area contributed by atoms with Gasteiger partial charge in [0.1, 0.15) is 23.0 Å². The molecule has 98 valence electrons. The maximum absolute atomic E-state index is 13.8. The van der Waals surface area contributed by atoms with Crippen LogP contribution >= 0.6 is 0 Å². The largest absolute Gasteiger partial charge is 0.383 e. The van der Waals surface area contributed by atoms with Crippen LogP contribution in [0.5, 0.6) is 0 Å². The average Bonchev–Trinajstić information content (AvgIpc) is 2.93. The van der Waals surface area contributed by atoms with Crippen LogP contribution in [0.2, 0.25) is 0 Å². The summed E-state index contributed by atoms with van der Waals surface area (Å²) in [5, 5.41) is 11.7. The molecule has 0 bridgehead atoms. The third-order valence-electron chi connectivity index (χ3n) is 2.85. The number of nitrogens with one attached hydrogen (secondary N) is 1. The number of nitrogen functional groups attached to an aromatic ring is 1. The van der Waals surface area contributed by atoms with Crippen LogP contribution in [-0.4, -0.2) is 27.1 Å². The highest BCUT2D eigenvalue weighted by molar-refractivity contribution is 5.89. The van der Waals surface area contributed by atoms with Gasteiger partial charge in [0, 0.05) is 7.11 Å². The molecule has 2 heterocycles. The molecular formula is C12H12FN5O. The number of hydrogen-bond acceptors (Lipinski definition) is 4. The second kappa shape index (κ2) is 4.36. The smallest absolute Gasteiger partial charge is 0.187 e. The summed E-state index contributed by atoms with van der Waals surface area (Å²) < 4.78 is 20.3. The Labute approximate surface area is 108 Å². The van der Waals surface area contributed by atoms with Crippen molar-refractivity contribution in [1.29, 1.82) is 0 Å². The minimum Gasteiger partial charge on any atom is -0.383 e. The molecule has 3 N–H and O–H groups in total. The Morgan fingerprint density at radius 3 is 2.95 bits per heavy atom. The van der Waals surface area contributed by atoms with Crippen LogP contribution in [0.4, 0.5) is 10.2 Å². The topological polar surface area (TPSA) is 81.8 Å². The lowest BCUT2D eigenvalue weighted by Gasteiger charge is -2.02. The van der Waals surface area contributed by atoms with E-state index in [2.05, 4.69) is 15.3 Å². The van der Waals surface area contributed by atoms with Crippen molar-refractivity contribution < 1.29 is 9.13 Å². The molecule has 6 nitrogen and oxygen atoms in total. The number of nitrogens with zero attached hydrogens (tertiary/aromatic N) is 3. The SMILES string of the molecule is COCc1nn(-c2ccccc2F)c2n[nH]c(N)c12. The quantitative estimate of drug-likeness (QED) is 0.750. The Morgan fingerprint density at radius 2 is 2.21 bits per heavy atom. The minimum atomic E-state index is -0.377. The Balaban J connectivity index is 2.28. The molecule has 0 spiro atoms. The van der Waals surface area contributed by atoms with Crippen LogP contribution in [0.25, 0.3) is 16.7 Å². The number of benzene rings is 1. The van der Waals surface area contributed by atoms with Crippen LogP contribution in [0.1, 0.15) is 5.69 Å². The first-order valence-electron chi connectivity index (χ1n) is 5.67. The first kappa shape index (κ1) is 11.7. The molecule has 0 unspecified atom stereocenters. The Kier molecular flexibility index (Phi) is 2.68. The van der Waals surface area contributed by atoms with Crippen LogP contribution in [-0.2, 0) is 11.3 Å². The number of para-hydroxylation sites is 1. The van der Waals surface area contributed by atoms with Gasteiger partial charge in [-0.05, 0) is 12.1 Å². The van der Waals surface area contributed by atoms with Gasteiger partial charge in [-0.25, -0.2) is 9.07 Å². The molecule has 0 aliphatic heterocycles. The number of rotatable bonds is 3. The van der Waals surface area contributed by atoms with E-state index in [1.807, 2.05) is 0 Å². The van der Waals surface area contributed by atoms with Gasteiger partial charge < -0.3 is 10.5 Å². The van der Waals surface area contributed by atoms with Gasteiger partial charge in [-0.3, -0.25) is 5.10 Å². The molecule has 7 heteroatoms. The second-order valence-corrected chi connectivity index (χ2v) is 4.08. The number of fused-ring (bicyclic) bond motifs is 1. The van der Waals surface area contributed by atoms with E-state index >= 15 is 0 Å². The molecule has 0 saturated carbocycles. The predicted octanol–water partition coefficient (Wildman–Crippen LogP) is 1.62. The third-order valence-corrected chi connectivity index (χ3v) is 2.85. The standard InChI is InChI=1S/C12H12FN5O/c1-19-6-8-10-11(14)15-16-12(10)18(17-8)9-5-3-2-4-7(9)13/h2-5H,6H2,1H3,(H3,14,15,16). The minimum absolute atomic E-state index is 0.279. The summed E-state index contributed by atoms with van der Waals surface area (Å²) in [6.07, 6.45) is 0. The molecule has 3 aromatic rings. The highest BCUT2D eigenvalue weighted by atomic mass is 19.1. The molecule has 0 aliphatic carbocycles. The second-order valence-electron chi connectivity index (χ2n) is 4.08. The molecule has 3 rings (SSSR count). The first-order valence-corrected chi connectivity index (χ1v) is 5.67. The molecule has 1 aromatic carbocycles. The number of halogens is 1. The van der Waals surface area contributed by atoms with Crippen LogP contribution < -0.4 is 5.73 Å². The number of aromatic nitrogens is 4. The zero-order valence-corrected chi connectivity index (χ0v) is 10.2. The molecule has 19 heavy (non-hydrogen) atoms. The number of anilines is 1. The Bertz CT molecular complexity index is 733. The van der Waals surface area contributed by atoms with Gasteiger partial charge in [-0.2, -0.15) is 10.2 Å². The number of aromatic amines is 1. The van der Waals surface area contributed by atoms with Crippen molar-refractivity contribution in [2.24, 2.45) is 0 Å². The molecule has 2 aromatic heterocycles. The lowest BCUT2D eigenvalue weighted by molar-refractivity contribution is 0.182. The van der Waals surface area contributed by atoms with E-state index in [0.29, 0.717) is 28.2 Å². The van der Waals surface area contributed by atoms with Crippen molar-refractivity contribution in [3.63, 3.8) is 0 Å². The zero-order chi connectivity index (χ0) is 13.4. The number of ether oxygens (including phenoxy) is 1. The van der Waals surface area contributed by atoms with Gasteiger partial charge in [-0.1, -0.05) is 12.1 Å². The average molecular weight is 261 g/mol. The van der Waals surface area contributed by atoms with Crippen molar-refractivity contribution in [1.82, 2.24) is 20.0 Å². The lowest BCUT2D eigenvalue weighted by Crippen LogP contribution is -2.01. The van der Waals surface area contributed by atoms with Gasteiger partial charge in [0.05, 0.1) is 12.0 Å². The van der Waals surface area contributed by atoms with E-state index in [9.17, 15) is 4.39 Å². The normalized spacial score (nSPS) is 11.3. The molecule has 0 radical (unpaired) electrons. The summed E-state index contributed by atoms with van der Waals surface area (Å²) in [7, 11) is 1.56. The van der Waals surface area contributed by atoms with Crippen molar-refractivity contribution in [3.05, 3.63) is 35.8 Å². The maximum Gasteiger partial charge on any atom is 0.187 e. The molecule has 0 saturated heterocycles. The van der Waals surface area contributed by atoms with E-state index in [1.165, 1.54) is 10.7 Å². The molecule has 0 aliphatic rings. The van der Waals surface area contributed by atoms with Crippen molar-refractivity contribution >= 4 is 16.9 Å². The Morgan fingerprint density at radius 1 is 1.42 bits per heavy atom. The van der Waals surface area contributed by atoms with Crippen molar-refractivity contribution in [2.45, 2.75) is 6.61 Å². The van der Waals surface area contributed by atoms with Gasteiger partial charge >= 0.3 is 0 Å². The number of hydrogen-bond donors (Lipinski definition) is 2. The summed E-state index contributed by atoms with van der Waals surface area (Å²) in [5.74, 6) is 0.0158. The first-order chi connectivity index (χ1) is 9.22. The summed E-state index contributed by atoms with van der Waals surface area (Å²) in [5.41, 5.74) is 7.24. The number of methoxy groups -OCH3 is 1. The summed E-state index contributed by atoms with van der Waals surface area (Å²) in [4.78, 5) is 0. The summed E-state index contributed by atoms with van der Waals surface area (Å²) >= 11 is 0. The van der Waals surface area contributed by atoms with E-state index in [1.54, 1.807) is 25.3 Å². The molecule has 0 amide bonds. The van der Waals surface area contributed by atoms with E-state index in [-0.39, 0.29) is 12.4 Å². The number of H-pyrrole nitrogens is 1. The third kappa shape index (κ3) is 1.75. The van der Waals surface area contributed by atoms with Crippen molar-refractivity contribution in [2.75, 3.05) is 12.8 Å². The van der Waals surface area contributed by atoms with Crippen LogP contribution in [0.15, 0.2) is 24.3 Å². The van der Waals surface area contributed by atoms with E-state index in [0.717, 1.165) is 0 Å². The maximum atomic E-state index is 13.8. The molecular weight excluding hydrogens is 249 g/mol.